The molecule has 0 radical (unpaired) electrons. The van der Waals surface area contributed by atoms with Crippen molar-refractivity contribution in [2.24, 2.45) is 13.0 Å². The highest BCUT2D eigenvalue weighted by Crippen LogP contribution is 2.33. The van der Waals surface area contributed by atoms with Crippen LogP contribution in [0.25, 0.3) is 0 Å². The number of piperidine rings is 2. The monoisotopic (exact) mass is 317 g/mol. The molecule has 1 aliphatic carbocycles. The molecule has 3 heterocycles. The zero-order valence-electron chi connectivity index (χ0n) is 14.6. The highest BCUT2D eigenvalue weighted by molar-refractivity contribution is 5.04. The van der Waals surface area contributed by atoms with Crippen molar-refractivity contribution >= 4 is 0 Å². The molecule has 1 aromatic rings. The van der Waals surface area contributed by atoms with Gasteiger partial charge in [0.15, 0.2) is 0 Å². The summed E-state index contributed by atoms with van der Waals surface area (Å²) in [6.07, 6.45) is 9.55. The molecule has 0 spiro atoms. The summed E-state index contributed by atoms with van der Waals surface area (Å²) < 4.78 is 2.29. The van der Waals surface area contributed by atoms with E-state index in [0.29, 0.717) is 5.92 Å². The molecule has 1 saturated carbocycles. The van der Waals surface area contributed by atoms with Crippen molar-refractivity contribution in [3.05, 3.63) is 11.6 Å². The average Bonchev–Trinajstić information content (AvgIpc) is 3.32. The lowest BCUT2D eigenvalue weighted by Gasteiger charge is -2.32. The van der Waals surface area contributed by atoms with E-state index in [-0.39, 0.29) is 0 Å². The van der Waals surface area contributed by atoms with Gasteiger partial charge in [-0.2, -0.15) is 0 Å². The number of aromatic nitrogens is 3. The number of nitrogens with zero attached hydrogens (tertiary/aromatic N) is 5. The lowest BCUT2D eigenvalue weighted by molar-refractivity contribution is 0.194. The van der Waals surface area contributed by atoms with Crippen molar-refractivity contribution < 1.29 is 0 Å². The molecule has 4 rings (SSSR count). The van der Waals surface area contributed by atoms with Crippen molar-refractivity contribution in [2.45, 2.75) is 57.4 Å². The minimum atomic E-state index is 0.579. The van der Waals surface area contributed by atoms with Crippen molar-refractivity contribution in [2.75, 3.05) is 32.7 Å². The van der Waals surface area contributed by atoms with E-state index < -0.39 is 0 Å². The quantitative estimate of drug-likeness (QED) is 0.836. The van der Waals surface area contributed by atoms with Crippen molar-refractivity contribution in [3.8, 4) is 0 Å². The molecule has 0 amide bonds. The highest BCUT2D eigenvalue weighted by Gasteiger charge is 2.30. The topological polar surface area (TPSA) is 37.2 Å². The summed E-state index contributed by atoms with van der Waals surface area (Å²) in [4.78, 5) is 5.21. The Morgan fingerprint density at radius 3 is 2.48 bits per heavy atom. The second-order valence-corrected chi connectivity index (χ2v) is 7.91. The van der Waals surface area contributed by atoms with Gasteiger partial charge in [0, 0.05) is 26.1 Å². The summed E-state index contributed by atoms with van der Waals surface area (Å²) in [5, 5.41) is 9.13. The van der Waals surface area contributed by atoms with Gasteiger partial charge in [-0.25, -0.2) is 0 Å². The van der Waals surface area contributed by atoms with E-state index in [4.69, 9.17) is 0 Å². The summed E-state index contributed by atoms with van der Waals surface area (Å²) in [6.45, 7) is 7.20. The van der Waals surface area contributed by atoms with E-state index in [1.165, 1.54) is 83.5 Å². The van der Waals surface area contributed by atoms with Gasteiger partial charge in [0.25, 0.3) is 0 Å². The van der Waals surface area contributed by atoms with Gasteiger partial charge in [0.1, 0.15) is 11.6 Å². The predicted molar refractivity (Wildman–Crippen MR) is 91.3 cm³/mol. The Morgan fingerprint density at radius 2 is 1.70 bits per heavy atom. The van der Waals surface area contributed by atoms with Gasteiger partial charge in [-0.3, -0.25) is 4.90 Å². The molecule has 2 saturated heterocycles. The van der Waals surface area contributed by atoms with E-state index in [9.17, 15) is 0 Å². The van der Waals surface area contributed by atoms with Crippen LogP contribution < -0.4 is 0 Å². The molecular weight excluding hydrogens is 286 g/mol. The largest absolute Gasteiger partial charge is 0.317 e. The van der Waals surface area contributed by atoms with E-state index in [1.807, 2.05) is 0 Å². The molecule has 128 valence electrons. The molecule has 2 aliphatic heterocycles. The summed E-state index contributed by atoms with van der Waals surface area (Å²) in [6, 6.07) is 0. The SMILES string of the molecule is Cn1c(CN2CCCCC2)nnc1[C@H]1CCCN(CC2CC2)C1. The fourth-order valence-electron chi connectivity index (χ4n) is 4.28. The van der Waals surface area contributed by atoms with Gasteiger partial charge in [0.05, 0.1) is 6.54 Å². The molecule has 1 atom stereocenters. The Morgan fingerprint density at radius 1 is 0.913 bits per heavy atom. The first-order valence-electron chi connectivity index (χ1n) is 9.62. The number of likely N-dealkylation sites (tertiary alicyclic amines) is 2. The van der Waals surface area contributed by atoms with Gasteiger partial charge in [0.2, 0.25) is 0 Å². The van der Waals surface area contributed by atoms with Crippen LogP contribution >= 0.6 is 0 Å². The second-order valence-electron chi connectivity index (χ2n) is 7.91. The predicted octanol–water partition coefficient (Wildman–Crippen LogP) is 2.39. The van der Waals surface area contributed by atoms with Crippen LogP contribution in [-0.2, 0) is 13.6 Å². The fraction of sp³-hybridized carbons (Fsp3) is 0.889. The highest BCUT2D eigenvalue weighted by atomic mass is 15.3. The Balaban J connectivity index is 1.39. The third kappa shape index (κ3) is 3.77. The molecule has 3 fully saturated rings. The fourth-order valence-corrected chi connectivity index (χ4v) is 4.28. The second kappa shape index (κ2) is 6.89. The minimum Gasteiger partial charge on any atom is -0.317 e. The Bertz CT molecular complexity index is 515. The maximum absolute atomic E-state index is 4.59. The van der Waals surface area contributed by atoms with Gasteiger partial charge in [-0.1, -0.05) is 6.42 Å². The maximum Gasteiger partial charge on any atom is 0.146 e. The first-order valence-corrected chi connectivity index (χ1v) is 9.62. The molecule has 0 aromatic carbocycles. The molecule has 0 bridgehead atoms. The number of hydrogen-bond acceptors (Lipinski definition) is 4. The van der Waals surface area contributed by atoms with Crippen LogP contribution in [0.5, 0.6) is 0 Å². The summed E-state index contributed by atoms with van der Waals surface area (Å²) in [5.41, 5.74) is 0. The van der Waals surface area contributed by atoms with E-state index in [2.05, 4.69) is 31.6 Å². The van der Waals surface area contributed by atoms with Gasteiger partial charge in [-0.05, 0) is 64.1 Å². The van der Waals surface area contributed by atoms with Crippen LogP contribution in [0.2, 0.25) is 0 Å². The number of hydrogen-bond donors (Lipinski definition) is 0. The first-order chi connectivity index (χ1) is 11.3. The van der Waals surface area contributed by atoms with Crippen LogP contribution in [0.1, 0.15) is 62.5 Å². The normalized spacial score (nSPS) is 27.4. The first kappa shape index (κ1) is 15.6. The van der Waals surface area contributed by atoms with E-state index >= 15 is 0 Å². The molecule has 3 aliphatic rings. The zero-order valence-corrected chi connectivity index (χ0v) is 14.6. The Labute approximate surface area is 140 Å². The van der Waals surface area contributed by atoms with Crippen molar-refractivity contribution in [1.82, 2.24) is 24.6 Å². The molecule has 23 heavy (non-hydrogen) atoms. The molecule has 5 heteroatoms. The zero-order chi connectivity index (χ0) is 15.6. The lowest BCUT2D eigenvalue weighted by Crippen LogP contribution is -2.36. The molecular formula is C18H31N5. The van der Waals surface area contributed by atoms with Crippen LogP contribution in [-0.4, -0.2) is 57.3 Å². The molecule has 1 aromatic heterocycles. The third-order valence-corrected chi connectivity index (χ3v) is 5.90. The van der Waals surface area contributed by atoms with Crippen LogP contribution in [0.3, 0.4) is 0 Å². The van der Waals surface area contributed by atoms with Gasteiger partial charge in [-0.15, -0.1) is 10.2 Å². The third-order valence-electron chi connectivity index (χ3n) is 5.90. The summed E-state index contributed by atoms with van der Waals surface area (Å²) in [5.74, 6) is 3.94. The van der Waals surface area contributed by atoms with Gasteiger partial charge < -0.3 is 9.47 Å². The van der Waals surface area contributed by atoms with Crippen LogP contribution in [0.15, 0.2) is 0 Å². The van der Waals surface area contributed by atoms with Gasteiger partial charge >= 0.3 is 0 Å². The smallest absolute Gasteiger partial charge is 0.146 e. The molecule has 0 unspecified atom stereocenters. The van der Waals surface area contributed by atoms with E-state index in [1.54, 1.807) is 0 Å². The number of rotatable bonds is 5. The van der Waals surface area contributed by atoms with E-state index in [0.717, 1.165) is 18.3 Å². The van der Waals surface area contributed by atoms with Crippen LogP contribution in [0, 0.1) is 5.92 Å². The molecule has 5 nitrogen and oxygen atoms in total. The standard InChI is InChI=1S/C18H31N5/c1-21-17(14-22-9-3-2-4-10-22)19-20-18(21)16-6-5-11-23(13-16)12-15-7-8-15/h15-16H,2-14H2,1H3/t16-/m0/s1. The Kier molecular flexibility index (Phi) is 4.67. The van der Waals surface area contributed by atoms with Crippen molar-refractivity contribution in [3.63, 3.8) is 0 Å². The Hall–Kier alpha value is -0.940. The summed E-state index contributed by atoms with van der Waals surface area (Å²) >= 11 is 0. The van der Waals surface area contributed by atoms with Crippen molar-refractivity contribution in [1.29, 1.82) is 0 Å². The molecule has 0 N–H and O–H groups in total. The average molecular weight is 317 g/mol. The van der Waals surface area contributed by atoms with Crippen LogP contribution in [0.4, 0.5) is 0 Å². The lowest BCUT2D eigenvalue weighted by atomic mass is 9.97. The summed E-state index contributed by atoms with van der Waals surface area (Å²) in [7, 11) is 2.18. The minimum absolute atomic E-state index is 0.579. The maximum atomic E-state index is 4.59.